The molecule has 2 aliphatic rings. The predicted molar refractivity (Wildman–Crippen MR) is 323 cm³/mol. The van der Waals surface area contributed by atoms with Crippen LogP contribution in [0.2, 0.25) is 0 Å². The first-order valence-corrected chi connectivity index (χ1v) is 30.0. The molecule has 3 atom stereocenters. The van der Waals surface area contributed by atoms with Gasteiger partial charge < -0.3 is 36.2 Å². The number of unbranched alkanes of at least 4 members (excludes halogenated alkanes) is 9. The maximum absolute atomic E-state index is 14.0. The molecule has 2 aliphatic heterocycles. The lowest BCUT2D eigenvalue weighted by Crippen LogP contribution is -2.57. The van der Waals surface area contributed by atoms with Crippen molar-refractivity contribution in [2.75, 3.05) is 43.4 Å². The van der Waals surface area contributed by atoms with Gasteiger partial charge in [-0.25, -0.2) is 15.0 Å². The maximum Gasteiger partial charge on any atom is 0.255 e. The second kappa shape index (κ2) is 29.5. The molecule has 2 saturated heterocycles. The van der Waals surface area contributed by atoms with E-state index in [9.17, 15) is 29.1 Å². The highest BCUT2D eigenvalue weighted by Gasteiger charge is 2.44. The average Bonchev–Trinajstić information content (AvgIpc) is 4.11. The number of pyridine rings is 1. The molecule has 3 aromatic carbocycles. The number of thiazole rings is 1. The van der Waals surface area contributed by atoms with Gasteiger partial charge in [0.2, 0.25) is 29.6 Å². The van der Waals surface area contributed by atoms with Crippen LogP contribution < -0.4 is 21.3 Å². The Morgan fingerprint density at radius 2 is 1.44 bits per heavy atom. The van der Waals surface area contributed by atoms with Gasteiger partial charge in [-0.3, -0.25) is 33.9 Å². The molecule has 82 heavy (non-hydrogen) atoms. The van der Waals surface area contributed by atoms with Crippen LogP contribution in [-0.4, -0.2) is 120 Å². The number of aliphatic hydroxyl groups is 1. The average molecular weight is 1130 g/mol. The highest BCUT2D eigenvalue weighted by atomic mass is 32.1. The second-order valence-corrected chi connectivity index (χ2v) is 23.8. The summed E-state index contributed by atoms with van der Waals surface area (Å²) in [6.45, 7) is 13.8. The molecule has 0 aliphatic carbocycles. The lowest BCUT2D eigenvalue weighted by Gasteiger charge is -2.35. The molecule has 5 amide bonds. The predicted octanol–water partition coefficient (Wildman–Crippen LogP) is 10.4. The van der Waals surface area contributed by atoms with Crippen molar-refractivity contribution in [2.24, 2.45) is 5.41 Å². The van der Waals surface area contributed by atoms with Gasteiger partial charge in [-0.05, 0) is 96.8 Å². The number of hydrogen-bond acceptors (Lipinski definition) is 13. The minimum Gasteiger partial charge on any atom is -0.391 e. The van der Waals surface area contributed by atoms with Crippen LogP contribution in [0, 0.1) is 19.3 Å². The molecule has 0 spiro atoms. The minimum atomic E-state index is -0.845. The topological polar surface area (TPSA) is 215 Å². The van der Waals surface area contributed by atoms with E-state index in [1.165, 1.54) is 4.90 Å². The molecule has 0 saturated carbocycles. The highest BCUT2D eigenvalue weighted by Crippen LogP contribution is 2.30. The zero-order valence-corrected chi connectivity index (χ0v) is 49.1. The van der Waals surface area contributed by atoms with Crippen molar-refractivity contribution in [1.29, 1.82) is 0 Å². The smallest absolute Gasteiger partial charge is 0.255 e. The fraction of sp³-hybridized carbons (Fsp3) is 0.453. The van der Waals surface area contributed by atoms with E-state index in [0.29, 0.717) is 30.0 Å². The molecule has 434 valence electrons. The number of piperazine rings is 1. The number of nitrogens with zero attached hydrogens (tertiary/aromatic N) is 7. The first-order chi connectivity index (χ1) is 39.6. The quantitative estimate of drug-likeness (QED) is 0.0321. The third kappa shape index (κ3) is 17.6. The number of β-amino-alcohol motifs (C(OH)–C–C–N with tert-alkyl or cyclic N) is 1. The third-order valence-electron chi connectivity index (χ3n) is 15.5. The van der Waals surface area contributed by atoms with E-state index in [2.05, 4.69) is 46.1 Å². The Kier molecular flexibility index (Phi) is 21.9. The van der Waals surface area contributed by atoms with Crippen molar-refractivity contribution < 1.29 is 29.1 Å². The van der Waals surface area contributed by atoms with Crippen molar-refractivity contribution in [3.05, 3.63) is 137 Å². The largest absolute Gasteiger partial charge is 0.391 e. The summed E-state index contributed by atoms with van der Waals surface area (Å²) in [5, 5.41) is 22.9. The van der Waals surface area contributed by atoms with Gasteiger partial charge in [-0.2, -0.15) is 0 Å². The Morgan fingerprint density at radius 1 is 0.756 bits per heavy atom. The lowest BCUT2D eigenvalue weighted by atomic mass is 9.85. The van der Waals surface area contributed by atoms with Crippen LogP contribution in [0.4, 0.5) is 17.3 Å². The van der Waals surface area contributed by atoms with Crippen LogP contribution in [-0.2, 0) is 32.3 Å². The van der Waals surface area contributed by atoms with Gasteiger partial charge in [0, 0.05) is 106 Å². The number of hydrogen-bond donors (Lipinski definition) is 5. The molecular weight excluding hydrogens is 1050 g/mol. The molecule has 8 rings (SSSR count). The van der Waals surface area contributed by atoms with E-state index in [-0.39, 0.29) is 49.0 Å². The monoisotopic (exact) mass is 1130 g/mol. The first-order valence-electron chi connectivity index (χ1n) is 29.1. The number of carbonyl (C=O) groups is 5. The highest BCUT2D eigenvalue weighted by molar-refractivity contribution is 7.13. The number of likely N-dealkylation sites (tertiary alicyclic amines) is 1. The lowest BCUT2D eigenvalue weighted by molar-refractivity contribution is -0.144. The Labute approximate surface area is 487 Å². The Hall–Kier alpha value is -7.41. The zero-order valence-electron chi connectivity index (χ0n) is 48.3. The van der Waals surface area contributed by atoms with Crippen LogP contribution >= 0.6 is 11.3 Å². The summed E-state index contributed by atoms with van der Waals surface area (Å²) in [6, 6.07) is 25.3. The van der Waals surface area contributed by atoms with Gasteiger partial charge in [0.25, 0.3) is 5.91 Å². The summed E-state index contributed by atoms with van der Waals surface area (Å²) in [6.07, 6.45) is 15.7. The zero-order chi connectivity index (χ0) is 58.0. The summed E-state index contributed by atoms with van der Waals surface area (Å²) in [4.78, 5) is 91.6. The van der Waals surface area contributed by atoms with Crippen LogP contribution in [0.1, 0.15) is 137 Å². The number of rotatable bonds is 26. The molecule has 3 aromatic heterocycles. The van der Waals surface area contributed by atoms with E-state index >= 15 is 0 Å². The van der Waals surface area contributed by atoms with Gasteiger partial charge in [0.1, 0.15) is 12.1 Å². The molecular formula is C64H81N11O6S. The minimum absolute atomic E-state index is 0.0358. The molecule has 17 nitrogen and oxygen atoms in total. The summed E-state index contributed by atoms with van der Waals surface area (Å²) in [5.74, 6) is -0.386. The molecule has 0 radical (unpaired) electrons. The number of benzene rings is 3. The first kappa shape index (κ1) is 60.7. The van der Waals surface area contributed by atoms with Crippen molar-refractivity contribution in [3.63, 3.8) is 0 Å². The number of amides is 5. The number of anilines is 3. The summed E-state index contributed by atoms with van der Waals surface area (Å²) >= 11 is 1.59. The van der Waals surface area contributed by atoms with Crippen molar-refractivity contribution in [3.8, 4) is 21.7 Å². The van der Waals surface area contributed by atoms with Gasteiger partial charge in [0.05, 0.1) is 27.9 Å². The van der Waals surface area contributed by atoms with E-state index in [0.717, 1.165) is 147 Å². The molecule has 0 bridgehead atoms. The summed E-state index contributed by atoms with van der Waals surface area (Å²) in [5.41, 5.74) is 9.92. The number of nitrogens with one attached hydrogen (secondary N) is 4. The van der Waals surface area contributed by atoms with Gasteiger partial charge in [-0.1, -0.05) is 115 Å². The number of aliphatic hydroxyl groups excluding tert-OH is 1. The third-order valence-corrected chi connectivity index (χ3v) is 16.4. The van der Waals surface area contributed by atoms with E-state index in [1.807, 2.05) is 130 Å². The Morgan fingerprint density at radius 3 is 2.10 bits per heavy atom. The summed E-state index contributed by atoms with van der Waals surface area (Å²) < 4.78 is 0. The standard InChI is InChI=1S/C64H81N11O6S/c1-44-20-29-51(37-54(44)71-63-66-32-30-53(70-63)50-17-16-31-65-40-50)69-60(79)49-27-23-47(24-28-49)41-73-33-35-74(36-34-73)57(78)19-15-13-11-9-7-6-8-10-12-14-18-56(77)72-59(64(3,4)5)62(81)75-42-52(76)38-55(75)61(80)67-39-46-21-25-48(26-22-46)58-45(2)68-43-82-58/h16-17,20-32,37,40,43,52,55,59,76H,6-15,18-19,33-36,38-39,41-42H2,1-5H3,(H,67,80)(H,69,79)(H,72,77)(H,66,70,71)/t52-,55+,59-/m1/s1. The van der Waals surface area contributed by atoms with Crippen LogP contribution in [0.15, 0.2) is 109 Å². The molecule has 5 N–H and O–H groups in total. The summed E-state index contributed by atoms with van der Waals surface area (Å²) in [7, 11) is 0. The van der Waals surface area contributed by atoms with Gasteiger partial charge in [-0.15, -0.1) is 11.3 Å². The molecule has 2 fully saturated rings. The van der Waals surface area contributed by atoms with Crippen molar-refractivity contribution in [2.45, 2.75) is 149 Å². The Bertz CT molecular complexity index is 3070. The van der Waals surface area contributed by atoms with Crippen LogP contribution in [0.5, 0.6) is 0 Å². The second-order valence-electron chi connectivity index (χ2n) is 22.9. The fourth-order valence-electron chi connectivity index (χ4n) is 10.6. The number of aromatic nitrogens is 4. The molecule has 5 heterocycles. The number of carbonyl (C=O) groups excluding carboxylic acids is 5. The van der Waals surface area contributed by atoms with Crippen molar-refractivity contribution in [1.82, 2.24) is 45.3 Å². The fourth-order valence-corrected chi connectivity index (χ4v) is 11.4. The van der Waals surface area contributed by atoms with E-state index in [1.54, 1.807) is 29.9 Å². The Balaban J connectivity index is 0.645. The maximum atomic E-state index is 14.0. The molecule has 18 heteroatoms. The van der Waals surface area contributed by atoms with Crippen LogP contribution in [0.3, 0.4) is 0 Å². The normalized spacial score (nSPS) is 15.9. The molecule has 0 unspecified atom stereocenters. The number of aryl methyl sites for hydroxylation is 2. The van der Waals surface area contributed by atoms with E-state index < -0.39 is 23.6 Å². The van der Waals surface area contributed by atoms with E-state index in [4.69, 9.17) is 0 Å². The van der Waals surface area contributed by atoms with Gasteiger partial charge in [0.15, 0.2) is 0 Å². The molecule has 6 aromatic rings. The van der Waals surface area contributed by atoms with Gasteiger partial charge >= 0.3 is 0 Å². The van der Waals surface area contributed by atoms with Crippen molar-refractivity contribution >= 4 is 58.2 Å². The van der Waals surface area contributed by atoms with Crippen LogP contribution in [0.25, 0.3) is 21.7 Å². The SMILES string of the molecule is Cc1ccc(NC(=O)c2ccc(CN3CCN(C(=O)CCCCCCCCCCCCC(=O)N[C@H](C(=O)N4C[C@H](O)C[C@H]4C(=O)NCc4ccc(-c5scnc5C)cc4)C(C)(C)C)CC3)cc2)cc1Nc1nccc(-c2cccnc2)n1.